The minimum Gasteiger partial charge on any atom is -0.483 e. The van der Waals surface area contributed by atoms with E-state index in [-0.39, 0.29) is 29.5 Å². The summed E-state index contributed by atoms with van der Waals surface area (Å²) in [5, 5.41) is 14.7. The van der Waals surface area contributed by atoms with E-state index in [1.807, 2.05) is 74.5 Å². The number of pyridine rings is 1. The Hall–Kier alpha value is -3.38. The molecular formula is C25H26N2O4. The minimum atomic E-state index is -1.26. The highest BCUT2D eigenvalue weighted by molar-refractivity contribution is 5.96. The second-order valence-electron chi connectivity index (χ2n) is 7.89. The third-order valence-electron chi connectivity index (χ3n) is 5.96. The highest BCUT2D eigenvalue weighted by Gasteiger charge is 2.46. The predicted octanol–water partition coefficient (Wildman–Crippen LogP) is 3.40. The van der Waals surface area contributed by atoms with Gasteiger partial charge in [0.1, 0.15) is 12.2 Å². The molecule has 2 heterocycles. The summed E-state index contributed by atoms with van der Waals surface area (Å²) in [5.41, 5.74) is 0.149. The molecule has 2 aromatic carbocycles. The lowest BCUT2D eigenvalue weighted by atomic mass is 9.79. The first-order chi connectivity index (χ1) is 15.0. The first-order valence-corrected chi connectivity index (χ1v) is 10.5. The fraction of sp³-hybridized carbons (Fsp3) is 0.280. The summed E-state index contributed by atoms with van der Waals surface area (Å²) in [4.78, 5) is 25.6. The molecule has 31 heavy (non-hydrogen) atoms. The number of ether oxygens (including phenoxy) is 1. The average molecular weight is 418 g/mol. The summed E-state index contributed by atoms with van der Waals surface area (Å²) in [7, 11) is 0. The Morgan fingerprint density at radius 3 is 2.32 bits per heavy atom. The van der Waals surface area contributed by atoms with Crippen molar-refractivity contribution in [2.75, 3.05) is 0 Å². The van der Waals surface area contributed by atoms with Crippen molar-refractivity contribution in [1.29, 1.82) is 0 Å². The van der Waals surface area contributed by atoms with Gasteiger partial charge in [0.15, 0.2) is 11.4 Å². The van der Waals surface area contributed by atoms with Crippen LogP contribution >= 0.6 is 0 Å². The molecule has 2 N–H and O–H groups in total. The van der Waals surface area contributed by atoms with E-state index in [0.717, 1.165) is 11.1 Å². The molecule has 1 amide bonds. The van der Waals surface area contributed by atoms with Gasteiger partial charge in [-0.1, -0.05) is 67.6 Å². The van der Waals surface area contributed by atoms with Crippen molar-refractivity contribution < 1.29 is 14.6 Å². The zero-order valence-corrected chi connectivity index (χ0v) is 17.6. The Bertz CT molecular complexity index is 1130. The van der Waals surface area contributed by atoms with E-state index in [1.54, 1.807) is 10.8 Å². The predicted molar refractivity (Wildman–Crippen MR) is 118 cm³/mol. The zero-order valence-electron chi connectivity index (χ0n) is 17.6. The van der Waals surface area contributed by atoms with Gasteiger partial charge in [0.2, 0.25) is 5.43 Å². The number of hydrogen-bond acceptors (Lipinski definition) is 4. The van der Waals surface area contributed by atoms with Gasteiger partial charge in [0, 0.05) is 12.3 Å². The second kappa shape index (κ2) is 8.40. The molecule has 1 aliphatic rings. The summed E-state index contributed by atoms with van der Waals surface area (Å²) in [6.07, 6.45) is 2.00. The fourth-order valence-corrected chi connectivity index (χ4v) is 4.40. The van der Waals surface area contributed by atoms with E-state index in [0.29, 0.717) is 6.42 Å². The average Bonchev–Trinajstić information content (AvgIpc) is 2.79. The van der Waals surface area contributed by atoms with Crippen molar-refractivity contribution in [3.8, 4) is 5.75 Å². The number of nitrogens with zero attached hydrogens (tertiary/aromatic N) is 1. The number of rotatable bonds is 6. The normalized spacial score (nSPS) is 19.8. The van der Waals surface area contributed by atoms with Crippen LogP contribution in [0.3, 0.4) is 0 Å². The molecule has 3 aromatic rings. The van der Waals surface area contributed by atoms with Gasteiger partial charge in [0.05, 0.1) is 12.1 Å². The summed E-state index contributed by atoms with van der Waals surface area (Å²) in [6, 6.07) is 19.4. The Balaban J connectivity index is 1.81. The molecule has 0 fully saturated rings. The molecule has 1 aromatic heterocycles. The summed E-state index contributed by atoms with van der Waals surface area (Å²) >= 11 is 0. The van der Waals surface area contributed by atoms with Gasteiger partial charge in [-0.05, 0) is 24.5 Å². The van der Waals surface area contributed by atoms with Gasteiger partial charge in [-0.3, -0.25) is 9.59 Å². The molecular weight excluding hydrogens is 392 g/mol. The maximum absolute atomic E-state index is 12.9. The number of carbonyl (C=O) groups excluding carboxylic acids is 1. The SMILES string of the molecule is CCC(O)(c1ccccc1)C1C(C)NC(=O)c2c(OCc3ccccc3)c(=O)ccn21. The van der Waals surface area contributed by atoms with E-state index in [1.165, 1.54) is 6.07 Å². The van der Waals surface area contributed by atoms with Crippen LogP contribution in [0, 0.1) is 0 Å². The first-order valence-electron chi connectivity index (χ1n) is 10.5. The molecule has 6 heteroatoms. The lowest BCUT2D eigenvalue weighted by molar-refractivity contribution is -0.0376. The van der Waals surface area contributed by atoms with Gasteiger partial charge in [-0.2, -0.15) is 0 Å². The van der Waals surface area contributed by atoms with E-state index >= 15 is 0 Å². The molecule has 0 saturated carbocycles. The van der Waals surface area contributed by atoms with Crippen LogP contribution < -0.4 is 15.5 Å². The van der Waals surface area contributed by atoms with Crippen LogP contribution in [0.15, 0.2) is 77.7 Å². The quantitative estimate of drug-likeness (QED) is 0.643. The van der Waals surface area contributed by atoms with Crippen molar-refractivity contribution in [2.45, 2.75) is 44.6 Å². The van der Waals surface area contributed by atoms with Crippen molar-refractivity contribution in [3.05, 3.63) is 100.0 Å². The molecule has 0 aliphatic carbocycles. The summed E-state index contributed by atoms with van der Waals surface area (Å²) < 4.78 is 7.55. The van der Waals surface area contributed by atoms with Crippen LogP contribution in [0.2, 0.25) is 0 Å². The maximum atomic E-state index is 12.9. The first kappa shape index (κ1) is 20.9. The molecule has 3 atom stereocenters. The largest absolute Gasteiger partial charge is 0.483 e. The highest BCUT2D eigenvalue weighted by Crippen LogP contribution is 2.41. The van der Waals surface area contributed by atoms with Crippen molar-refractivity contribution in [2.24, 2.45) is 0 Å². The monoisotopic (exact) mass is 418 g/mol. The van der Waals surface area contributed by atoms with E-state index in [4.69, 9.17) is 4.74 Å². The number of hydrogen-bond donors (Lipinski definition) is 2. The topological polar surface area (TPSA) is 80.6 Å². The van der Waals surface area contributed by atoms with Crippen LogP contribution in [-0.4, -0.2) is 21.6 Å². The van der Waals surface area contributed by atoms with Crippen molar-refractivity contribution in [3.63, 3.8) is 0 Å². The number of nitrogens with one attached hydrogen (secondary N) is 1. The number of aliphatic hydroxyl groups is 1. The van der Waals surface area contributed by atoms with Gasteiger partial charge in [-0.15, -0.1) is 0 Å². The van der Waals surface area contributed by atoms with E-state index < -0.39 is 17.6 Å². The molecule has 0 spiro atoms. The maximum Gasteiger partial charge on any atom is 0.272 e. The molecule has 0 bridgehead atoms. The Labute approximate surface area is 181 Å². The van der Waals surface area contributed by atoms with Gasteiger partial charge in [0.25, 0.3) is 5.91 Å². The molecule has 0 saturated heterocycles. The second-order valence-corrected chi connectivity index (χ2v) is 7.89. The zero-order chi connectivity index (χ0) is 22.0. The van der Waals surface area contributed by atoms with E-state index in [2.05, 4.69) is 5.32 Å². The smallest absolute Gasteiger partial charge is 0.272 e. The molecule has 0 radical (unpaired) electrons. The number of benzene rings is 2. The van der Waals surface area contributed by atoms with Crippen LogP contribution in [-0.2, 0) is 12.2 Å². The minimum absolute atomic E-state index is 0.00716. The fourth-order valence-electron chi connectivity index (χ4n) is 4.40. The third kappa shape index (κ3) is 3.75. The number of carbonyl (C=O) groups is 1. The van der Waals surface area contributed by atoms with Gasteiger partial charge >= 0.3 is 0 Å². The Kier molecular flexibility index (Phi) is 5.65. The lowest BCUT2D eigenvalue weighted by Gasteiger charge is -2.44. The third-order valence-corrected chi connectivity index (χ3v) is 5.96. The molecule has 4 rings (SSSR count). The number of amides is 1. The van der Waals surface area contributed by atoms with E-state index in [9.17, 15) is 14.7 Å². The molecule has 3 unspecified atom stereocenters. The Morgan fingerprint density at radius 1 is 1.03 bits per heavy atom. The van der Waals surface area contributed by atoms with Crippen LogP contribution in [0.5, 0.6) is 5.75 Å². The lowest BCUT2D eigenvalue weighted by Crippen LogP contribution is -2.54. The Morgan fingerprint density at radius 2 is 1.68 bits per heavy atom. The standard InChI is InChI=1S/C25H26N2O4/c1-3-25(30,19-12-8-5-9-13-19)23-17(2)26-24(29)21-22(20(28)14-15-27(21)23)31-16-18-10-6-4-7-11-18/h4-15,17,23,30H,3,16H2,1-2H3,(H,26,29). The summed E-state index contributed by atoms with van der Waals surface area (Å²) in [6.45, 7) is 3.93. The summed E-state index contributed by atoms with van der Waals surface area (Å²) in [5.74, 6) is -0.400. The van der Waals surface area contributed by atoms with Crippen LogP contribution in [0.25, 0.3) is 0 Å². The number of aromatic nitrogens is 1. The molecule has 6 nitrogen and oxygen atoms in total. The van der Waals surface area contributed by atoms with Gasteiger partial charge < -0.3 is 19.7 Å². The highest BCUT2D eigenvalue weighted by atomic mass is 16.5. The molecule has 160 valence electrons. The molecule has 1 aliphatic heterocycles. The number of fused-ring (bicyclic) bond motifs is 1. The van der Waals surface area contributed by atoms with Crippen LogP contribution in [0.1, 0.15) is 47.9 Å². The van der Waals surface area contributed by atoms with Crippen molar-refractivity contribution >= 4 is 5.91 Å². The van der Waals surface area contributed by atoms with Crippen LogP contribution in [0.4, 0.5) is 0 Å². The van der Waals surface area contributed by atoms with Gasteiger partial charge in [-0.25, -0.2) is 0 Å². The van der Waals surface area contributed by atoms with Crippen molar-refractivity contribution in [1.82, 2.24) is 9.88 Å².